The third-order valence-corrected chi connectivity index (χ3v) is 7.28. The molecule has 1 aliphatic rings. The molecule has 2 amide bonds. The zero-order valence-corrected chi connectivity index (χ0v) is 21.7. The number of aryl methyl sites for hydroxylation is 1. The van der Waals surface area contributed by atoms with Gasteiger partial charge in [0.2, 0.25) is 0 Å². The van der Waals surface area contributed by atoms with Crippen molar-refractivity contribution in [3.8, 4) is 11.5 Å². The van der Waals surface area contributed by atoms with Crippen molar-refractivity contribution < 1.29 is 23.8 Å². The molecular formula is C26H32N4O5S. The minimum Gasteiger partial charge on any atom is -0.493 e. The lowest BCUT2D eigenvalue weighted by molar-refractivity contribution is 0.0302. The lowest BCUT2D eigenvalue weighted by Crippen LogP contribution is -2.41. The number of nitrogens with two attached hydrogens (primary N) is 1. The van der Waals surface area contributed by atoms with Crippen LogP contribution in [0.15, 0.2) is 24.3 Å². The molecule has 0 atom stereocenters. The molecule has 9 nitrogen and oxygen atoms in total. The van der Waals surface area contributed by atoms with E-state index in [0.29, 0.717) is 83.5 Å². The van der Waals surface area contributed by atoms with E-state index in [0.717, 1.165) is 17.7 Å². The van der Waals surface area contributed by atoms with Gasteiger partial charge in [-0.3, -0.25) is 9.59 Å². The minimum absolute atomic E-state index is 0.0670. The molecule has 3 heterocycles. The fraction of sp³-hybridized carbons (Fsp3) is 0.423. The first kappa shape index (κ1) is 25.7. The van der Waals surface area contributed by atoms with E-state index in [4.69, 9.17) is 24.9 Å². The van der Waals surface area contributed by atoms with Crippen LogP contribution in [-0.4, -0.2) is 68.8 Å². The second kappa shape index (κ2) is 11.6. The second-order valence-electron chi connectivity index (χ2n) is 8.53. The summed E-state index contributed by atoms with van der Waals surface area (Å²) in [7, 11) is 3.18. The number of pyridine rings is 1. The minimum atomic E-state index is -0.255. The summed E-state index contributed by atoms with van der Waals surface area (Å²) in [6, 6.07) is 7.48. The first-order chi connectivity index (χ1) is 17.5. The van der Waals surface area contributed by atoms with Gasteiger partial charge >= 0.3 is 0 Å². The number of nitrogens with one attached hydrogen (secondary N) is 1. The zero-order chi connectivity index (χ0) is 25.7. The molecule has 10 heteroatoms. The molecule has 1 saturated heterocycles. The summed E-state index contributed by atoms with van der Waals surface area (Å²) in [5, 5.41) is 3.59. The molecule has 2 aromatic heterocycles. The molecular weight excluding hydrogens is 480 g/mol. The molecule has 0 spiro atoms. The Kier molecular flexibility index (Phi) is 8.27. The van der Waals surface area contributed by atoms with Crippen LogP contribution in [0.5, 0.6) is 11.5 Å². The molecule has 1 aromatic carbocycles. The fourth-order valence-electron chi connectivity index (χ4n) is 4.23. The van der Waals surface area contributed by atoms with Crippen molar-refractivity contribution in [3.05, 3.63) is 46.0 Å². The molecule has 0 radical (unpaired) electrons. The van der Waals surface area contributed by atoms with E-state index in [1.165, 1.54) is 11.3 Å². The van der Waals surface area contributed by atoms with Crippen molar-refractivity contribution in [1.82, 2.24) is 15.2 Å². The van der Waals surface area contributed by atoms with Crippen LogP contribution in [0.2, 0.25) is 0 Å². The van der Waals surface area contributed by atoms with Gasteiger partial charge in [-0.2, -0.15) is 0 Å². The van der Waals surface area contributed by atoms with Gasteiger partial charge in [0.25, 0.3) is 11.8 Å². The maximum absolute atomic E-state index is 13.3. The summed E-state index contributed by atoms with van der Waals surface area (Å²) in [6.45, 7) is 4.63. The smallest absolute Gasteiger partial charge is 0.263 e. The number of carbonyl (C=O) groups excluding carboxylic acids is 2. The van der Waals surface area contributed by atoms with Crippen molar-refractivity contribution in [3.63, 3.8) is 0 Å². The normalized spacial score (nSPS) is 13.6. The van der Waals surface area contributed by atoms with E-state index in [-0.39, 0.29) is 11.8 Å². The van der Waals surface area contributed by atoms with Crippen LogP contribution in [0.4, 0.5) is 5.69 Å². The number of thiophene rings is 1. The number of ether oxygens (including phenoxy) is 3. The van der Waals surface area contributed by atoms with Crippen LogP contribution >= 0.6 is 11.3 Å². The van der Waals surface area contributed by atoms with Crippen molar-refractivity contribution in [2.45, 2.75) is 26.2 Å². The molecule has 1 fully saturated rings. The van der Waals surface area contributed by atoms with E-state index < -0.39 is 0 Å². The largest absolute Gasteiger partial charge is 0.493 e. The third kappa shape index (κ3) is 5.39. The molecule has 1 aliphatic heterocycles. The summed E-state index contributed by atoms with van der Waals surface area (Å²) in [5.74, 6) is 0.980. The Labute approximate surface area is 214 Å². The number of benzene rings is 1. The maximum Gasteiger partial charge on any atom is 0.263 e. The summed E-state index contributed by atoms with van der Waals surface area (Å²) in [5.41, 5.74) is 9.05. The number of aromatic nitrogens is 1. The summed E-state index contributed by atoms with van der Waals surface area (Å²) >= 11 is 1.26. The van der Waals surface area contributed by atoms with Gasteiger partial charge < -0.3 is 30.2 Å². The number of carbonyl (C=O) groups is 2. The Morgan fingerprint density at radius 2 is 1.89 bits per heavy atom. The van der Waals surface area contributed by atoms with E-state index in [1.807, 2.05) is 18.2 Å². The standard InChI is InChI=1S/C26H32N4O5S/c1-4-5-19-17(26(32)30-10-12-35-13-11-30)15-18-22(27)23(36-25(18)29-19)24(31)28-9-8-16-6-7-20(33-2)21(14-16)34-3/h6-7,14-15H,4-5,8-13,27H2,1-3H3,(H,28,31). The highest BCUT2D eigenvalue weighted by Crippen LogP contribution is 2.34. The Morgan fingerprint density at radius 3 is 2.58 bits per heavy atom. The van der Waals surface area contributed by atoms with Gasteiger partial charge in [0.1, 0.15) is 9.71 Å². The predicted octanol–water partition coefficient (Wildman–Crippen LogP) is 3.29. The average molecular weight is 513 g/mol. The SMILES string of the molecule is CCCc1nc2sc(C(=O)NCCc3ccc(OC)c(OC)c3)c(N)c2cc1C(=O)N1CCOCC1. The topological polar surface area (TPSA) is 116 Å². The fourth-order valence-corrected chi connectivity index (χ4v) is 5.24. The summed E-state index contributed by atoms with van der Waals surface area (Å²) < 4.78 is 16.0. The third-order valence-electron chi connectivity index (χ3n) is 6.17. The Bertz CT molecular complexity index is 1250. The van der Waals surface area contributed by atoms with E-state index in [2.05, 4.69) is 12.2 Å². The number of amides is 2. The number of anilines is 1. The number of nitrogen functional groups attached to an aromatic ring is 1. The molecule has 0 aliphatic carbocycles. The Morgan fingerprint density at radius 1 is 1.14 bits per heavy atom. The zero-order valence-electron chi connectivity index (χ0n) is 20.9. The van der Waals surface area contributed by atoms with Crippen LogP contribution in [-0.2, 0) is 17.6 Å². The van der Waals surface area contributed by atoms with Gasteiger partial charge in [-0.1, -0.05) is 19.4 Å². The molecule has 3 N–H and O–H groups in total. The van der Waals surface area contributed by atoms with E-state index >= 15 is 0 Å². The van der Waals surface area contributed by atoms with Crippen molar-refractivity contribution >= 4 is 39.1 Å². The highest BCUT2D eigenvalue weighted by atomic mass is 32.1. The number of hydrogen-bond donors (Lipinski definition) is 2. The number of methoxy groups -OCH3 is 2. The first-order valence-corrected chi connectivity index (χ1v) is 12.9. The average Bonchev–Trinajstić information content (AvgIpc) is 3.23. The number of rotatable bonds is 9. The van der Waals surface area contributed by atoms with Gasteiger partial charge in [-0.15, -0.1) is 11.3 Å². The Balaban J connectivity index is 1.52. The second-order valence-corrected chi connectivity index (χ2v) is 9.53. The van der Waals surface area contributed by atoms with Crippen molar-refractivity contribution in [1.29, 1.82) is 0 Å². The van der Waals surface area contributed by atoms with Gasteiger partial charge in [0.05, 0.1) is 44.4 Å². The molecule has 4 rings (SSSR count). The quantitative estimate of drug-likeness (QED) is 0.452. The van der Waals surface area contributed by atoms with E-state index in [1.54, 1.807) is 25.2 Å². The number of morpholine rings is 1. The molecule has 36 heavy (non-hydrogen) atoms. The van der Waals surface area contributed by atoms with Crippen LogP contribution in [0, 0.1) is 0 Å². The van der Waals surface area contributed by atoms with Crippen molar-refractivity contribution in [2.24, 2.45) is 0 Å². The van der Waals surface area contributed by atoms with E-state index in [9.17, 15) is 9.59 Å². The molecule has 0 unspecified atom stereocenters. The highest BCUT2D eigenvalue weighted by Gasteiger charge is 2.25. The maximum atomic E-state index is 13.3. The van der Waals surface area contributed by atoms with Crippen molar-refractivity contribution in [2.75, 3.05) is 52.8 Å². The number of fused-ring (bicyclic) bond motifs is 1. The molecule has 192 valence electrons. The Hall–Kier alpha value is -3.37. The molecule has 3 aromatic rings. The molecule has 0 bridgehead atoms. The lowest BCUT2D eigenvalue weighted by atomic mass is 10.1. The van der Waals surface area contributed by atoms with Crippen LogP contribution in [0.3, 0.4) is 0 Å². The summed E-state index contributed by atoms with van der Waals surface area (Å²) in [6.07, 6.45) is 2.15. The first-order valence-electron chi connectivity index (χ1n) is 12.0. The van der Waals surface area contributed by atoms with Gasteiger partial charge in [-0.25, -0.2) is 4.98 Å². The van der Waals surface area contributed by atoms with Gasteiger partial charge in [-0.05, 0) is 36.6 Å². The lowest BCUT2D eigenvalue weighted by Gasteiger charge is -2.27. The van der Waals surface area contributed by atoms with Gasteiger partial charge in [0.15, 0.2) is 11.5 Å². The van der Waals surface area contributed by atoms with Crippen LogP contribution in [0.1, 0.15) is 44.6 Å². The number of nitrogens with zero attached hydrogens (tertiary/aromatic N) is 2. The number of hydrogen-bond acceptors (Lipinski definition) is 8. The van der Waals surface area contributed by atoms with Crippen LogP contribution < -0.4 is 20.5 Å². The molecule has 0 saturated carbocycles. The highest BCUT2D eigenvalue weighted by molar-refractivity contribution is 7.21. The van der Waals surface area contributed by atoms with Gasteiger partial charge in [0, 0.05) is 25.0 Å². The monoisotopic (exact) mass is 512 g/mol. The summed E-state index contributed by atoms with van der Waals surface area (Å²) in [4.78, 5) is 33.9. The predicted molar refractivity (Wildman–Crippen MR) is 140 cm³/mol. The van der Waals surface area contributed by atoms with Crippen LogP contribution in [0.25, 0.3) is 10.2 Å².